The van der Waals surface area contributed by atoms with Crippen molar-refractivity contribution in [3.63, 3.8) is 0 Å². The van der Waals surface area contributed by atoms with Crippen LogP contribution in [-0.2, 0) is 11.2 Å². The number of aliphatic hydroxyl groups is 1. The zero-order chi connectivity index (χ0) is 10.1. The van der Waals surface area contributed by atoms with Gasteiger partial charge in [-0.1, -0.05) is 24.3 Å². The number of hydrogen-bond acceptors (Lipinski definition) is 2. The summed E-state index contributed by atoms with van der Waals surface area (Å²) in [6, 6.07) is 7.98. The monoisotopic (exact) mass is 190 g/mol. The molecule has 0 aromatic heterocycles. The molecule has 0 fully saturated rings. The van der Waals surface area contributed by atoms with E-state index < -0.39 is 0 Å². The van der Waals surface area contributed by atoms with E-state index in [4.69, 9.17) is 0 Å². The minimum absolute atomic E-state index is 0.0173. The minimum atomic E-state index is -0.378. The summed E-state index contributed by atoms with van der Waals surface area (Å²) in [6.45, 7) is 1.58. The zero-order valence-corrected chi connectivity index (χ0v) is 8.23. The van der Waals surface area contributed by atoms with Gasteiger partial charge in [0.15, 0.2) is 0 Å². The first-order valence-electron chi connectivity index (χ1n) is 4.94. The SMILES string of the molecule is CC(=O)C[C@H]1c2ccccc2C[C@H]1O. The summed E-state index contributed by atoms with van der Waals surface area (Å²) in [5, 5.41) is 9.81. The Morgan fingerprint density at radius 1 is 1.50 bits per heavy atom. The molecule has 1 aliphatic carbocycles. The Hall–Kier alpha value is -1.15. The number of fused-ring (bicyclic) bond motifs is 1. The number of carbonyl (C=O) groups is 1. The molecular weight excluding hydrogens is 176 g/mol. The van der Waals surface area contributed by atoms with Crippen molar-refractivity contribution in [2.45, 2.75) is 31.8 Å². The van der Waals surface area contributed by atoms with Gasteiger partial charge in [-0.05, 0) is 24.5 Å². The van der Waals surface area contributed by atoms with Gasteiger partial charge in [-0.25, -0.2) is 0 Å². The fourth-order valence-electron chi connectivity index (χ4n) is 2.21. The van der Waals surface area contributed by atoms with Gasteiger partial charge < -0.3 is 9.90 Å². The molecule has 1 aliphatic rings. The smallest absolute Gasteiger partial charge is 0.130 e. The van der Waals surface area contributed by atoms with Gasteiger partial charge in [-0.3, -0.25) is 0 Å². The minimum Gasteiger partial charge on any atom is -0.392 e. The zero-order valence-electron chi connectivity index (χ0n) is 8.23. The maximum absolute atomic E-state index is 11.0. The summed E-state index contributed by atoms with van der Waals surface area (Å²) in [4.78, 5) is 11.0. The van der Waals surface area contributed by atoms with Crippen molar-refractivity contribution in [1.29, 1.82) is 0 Å². The van der Waals surface area contributed by atoms with Gasteiger partial charge in [0.1, 0.15) is 5.78 Å². The van der Waals surface area contributed by atoms with Gasteiger partial charge in [-0.2, -0.15) is 0 Å². The number of hydrogen-bond donors (Lipinski definition) is 1. The lowest BCUT2D eigenvalue weighted by molar-refractivity contribution is -0.117. The molecule has 74 valence electrons. The van der Waals surface area contributed by atoms with Gasteiger partial charge in [0.05, 0.1) is 6.10 Å². The summed E-state index contributed by atoms with van der Waals surface area (Å²) < 4.78 is 0. The molecule has 0 amide bonds. The van der Waals surface area contributed by atoms with Gasteiger partial charge >= 0.3 is 0 Å². The van der Waals surface area contributed by atoms with Gasteiger partial charge in [0.2, 0.25) is 0 Å². The van der Waals surface area contributed by atoms with Crippen LogP contribution in [0, 0.1) is 0 Å². The van der Waals surface area contributed by atoms with E-state index in [1.54, 1.807) is 6.92 Å². The number of ketones is 1. The summed E-state index contributed by atoms with van der Waals surface area (Å²) in [5.74, 6) is 0.162. The van der Waals surface area contributed by atoms with E-state index in [1.165, 1.54) is 5.56 Å². The molecule has 0 heterocycles. The van der Waals surface area contributed by atoms with Crippen molar-refractivity contribution in [2.24, 2.45) is 0 Å². The lowest BCUT2D eigenvalue weighted by Gasteiger charge is -2.13. The third kappa shape index (κ3) is 1.58. The number of carbonyl (C=O) groups excluding carboxylic acids is 1. The second kappa shape index (κ2) is 3.54. The van der Waals surface area contributed by atoms with Crippen LogP contribution in [0.1, 0.15) is 30.4 Å². The van der Waals surface area contributed by atoms with Crippen LogP contribution in [0.15, 0.2) is 24.3 Å². The van der Waals surface area contributed by atoms with E-state index in [0.29, 0.717) is 12.8 Å². The highest BCUT2D eigenvalue weighted by Gasteiger charge is 2.31. The van der Waals surface area contributed by atoms with E-state index in [0.717, 1.165) is 5.56 Å². The average Bonchev–Trinajstić information content (AvgIpc) is 2.43. The first kappa shape index (κ1) is 9.41. The van der Waals surface area contributed by atoms with Crippen molar-refractivity contribution in [3.8, 4) is 0 Å². The number of aliphatic hydroxyl groups excluding tert-OH is 1. The highest BCUT2D eigenvalue weighted by molar-refractivity contribution is 5.76. The first-order valence-corrected chi connectivity index (χ1v) is 4.94. The van der Waals surface area contributed by atoms with Crippen LogP contribution in [0.5, 0.6) is 0 Å². The van der Waals surface area contributed by atoms with E-state index in [1.807, 2.05) is 24.3 Å². The molecule has 1 N–H and O–H groups in total. The Morgan fingerprint density at radius 2 is 2.21 bits per heavy atom. The standard InChI is InChI=1S/C12H14O2/c1-8(13)6-11-10-5-3-2-4-9(10)7-12(11)14/h2-5,11-12,14H,6-7H2,1H3/t11-,12+/m0/s1. The van der Waals surface area contributed by atoms with E-state index in [2.05, 4.69) is 0 Å². The normalized spacial score (nSPS) is 24.7. The van der Waals surface area contributed by atoms with Gasteiger partial charge in [0, 0.05) is 12.3 Å². The molecule has 0 saturated heterocycles. The molecule has 2 rings (SSSR count). The third-order valence-corrected chi connectivity index (χ3v) is 2.86. The summed E-state index contributed by atoms with van der Waals surface area (Å²) in [5.41, 5.74) is 2.33. The summed E-state index contributed by atoms with van der Waals surface area (Å²) in [7, 11) is 0. The Kier molecular flexibility index (Phi) is 2.38. The van der Waals surface area contributed by atoms with Crippen LogP contribution in [0.2, 0.25) is 0 Å². The van der Waals surface area contributed by atoms with Gasteiger partial charge in [-0.15, -0.1) is 0 Å². The number of rotatable bonds is 2. The molecule has 0 aliphatic heterocycles. The van der Waals surface area contributed by atoms with Crippen molar-refractivity contribution < 1.29 is 9.90 Å². The predicted molar refractivity (Wildman–Crippen MR) is 54.2 cm³/mol. The molecule has 0 spiro atoms. The van der Waals surface area contributed by atoms with Crippen LogP contribution in [0.3, 0.4) is 0 Å². The summed E-state index contributed by atoms with van der Waals surface area (Å²) in [6.07, 6.45) is 0.767. The maximum Gasteiger partial charge on any atom is 0.130 e. The summed E-state index contributed by atoms with van der Waals surface area (Å²) >= 11 is 0. The quantitative estimate of drug-likeness (QED) is 0.770. The molecule has 0 bridgehead atoms. The predicted octanol–water partition coefficient (Wildman–Crippen LogP) is 1.67. The van der Waals surface area contributed by atoms with Crippen LogP contribution >= 0.6 is 0 Å². The maximum atomic E-state index is 11.0. The topological polar surface area (TPSA) is 37.3 Å². The molecule has 1 aromatic rings. The molecule has 0 unspecified atom stereocenters. The molecule has 14 heavy (non-hydrogen) atoms. The Balaban J connectivity index is 2.30. The van der Waals surface area contributed by atoms with Crippen LogP contribution in [0.4, 0.5) is 0 Å². The van der Waals surface area contributed by atoms with Crippen molar-refractivity contribution in [2.75, 3.05) is 0 Å². The molecule has 0 radical (unpaired) electrons. The molecular formula is C12H14O2. The Morgan fingerprint density at radius 3 is 2.93 bits per heavy atom. The van der Waals surface area contributed by atoms with Crippen molar-refractivity contribution in [1.82, 2.24) is 0 Å². The molecule has 2 nitrogen and oxygen atoms in total. The Bertz CT molecular complexity index is 357. The highest BCUT2D eigenvalue weighted by Crippen LogP contribution is 2.35. The molecule has 2 atom stereocenters. The van der Waals surface area contributed by atoms with Crippen LogP contribution in [-0.4, -0.2) is 17.0 Å². The number of Topliss-reactive ketones (excluding diaryl/α,β-unsaturated/α-hetero) is 1. The van der Waals surface area contributed by atoms with Crippen LogP contribution in [0.25, 0.3) is 0 Å². The Labute approximate surface area is 83.6 Å². The lowest BCUT2D eigenvalue weighted by atomic mass is 9.94. The highest BCUT2D eigenvalue weighted by atomic mass is 16.3. The first-order chi connectivity index (χ1) is 6.68. The fourth-order valence-corrected chi connectivity index (χ4v) is 2.21. The molecule has 2 heteroatoms. The second-order valence-corrected chi connectivity index (χ2v) is 3.98. The lowest BCUT2D eigenvalue weighted by Crippen LogP contribution is -2.15. The second-order valence-electron chi connectivity index (χ2n) is 3.98. The van der Waals surface area contributed by atoms with E-state index in [-0.39, 0.29) is 17.8 Å². The third-order valence-electron chi connectivity index (χ3n) is 2.86. The van der Waals surface area contributed by atoms with Crippen LogP contribution < -0.4 is 0 Å². The number of benzene rings is 1. The average molecular weight is 190 g/mol. The molecule has 0 saturated carbocycles. The molecule has 1 aromatic carbocycles. The fraction of sp³-hybridized carbons (Fsp3) is 0.417. The van der Waals surface area contributed by atoms with Crippen molar-refractivity contribution >= 4 is 5.78 Å². The van der Waals surface area contributed by atoms with Crippen molar-refractivity contribution in [3.05, 3.63) is 35.4 Å². The van der Waals surface area contributed by atoms with Gasteiger partial charge in [0.25, 0.3) is 0 Å². The largest absolute Gasteiger partial charge is 0.392 e. The van der Waals surface area contributed by atoms with E-state index in [9.17, 15) is 9.90 Å². The van der Waals surface area contributed by atoms with E-state index >= 15 is 0 Å².